The quantitative estimate of drug-likeness (QED) is 0.922. The van der Waals surface area contributed by atoms with Crippen molar-refractivity contribution < 1.29 is 0 Å². The van der Waals surface area contributed by atoms with Crippen molar-refractivity contribution in [2.24, 2.45) is 0 Å². The molecule has 2 heterocycles. The minimum Gasteiger partial charge on any atom is -0.357 e. The van der Waals surface area contributed by atoms with Gasteiger partial charge < -0.3 is 10.2 Å². The third-order valence-corrected chi connectivity index (χ3v) is 4.06. The maximum absolute atomic E-state index is 4.66. The molecule has 0 atom stereocenters. The molecule has 1 fully saturated rings. The molecule has 1 aliphatic heterocycles. The van der Waals surface area contributed by atoms with E-state index in [2.05, 4.69) is 41.1 Å². The second-order valence-corrected chi connectivity index (χ2v) is 6.01. The van der Waals surface area contributed by atoms with Gasteiger partial charge in [0.2, 0.25) is 11.9 Å². The summed E-state index contributed by atoms with van der Waals surface area (Å²) in [4.78, 5) is 15.9. The van der Waals surface area contributed by atoms with Crippen molar-refractivity contribution in [2.45, 2.75) is 19.3 Å². The van der Waals surface area contributed by atoms with Crippen LogP contribution in [0.4, 0.5) is 11.9 Å². The normalized spacial score (nSPS) is 15.0. The van der Waals surface area contributed by atoms with Gasteiger partial charge in [0.15, 0.2) is 5.82 Å². The van der Waals surface area contributed by atoms with Crippen molar-refractivity contribution in [1.29, 1.82) is 0 Å². The van der Waals surface area contributed by atoms with Gasteiger partial charge in [0.25, 0.3) is 0 Å². The molecule has 0 bridgehead atoms. The molecule has 1 N–H and O–H groups in total. The molecule has 5 nitrogen and oxygen atoms in total. The first-order chi connectivity index (χ1) is 10.3. The molecule has 0 amide bonds. The number of nitrogens with zero attached hydrogens (tertiary/aromatic N) is 4. The maximum atomic E-state index is 4.66. The summed E-state index contributed by atoms with van der Waals surface area (Å²) >= 11 is 3.49. The van der Waals surface area contributed by atoms with Crippen LogP contribution in [0.25, 0.3) is 11.4 Å². The highest BCUT2D eigenvalue weighted by molar-refractivity contribution is 9.10. The van der Waals surface area contributed by atoms with Crippen molar-refractivity contribution in [3.05, 3.63) is 28.7 Å². The molecule has 0 unspecified atom stereocenters. The van der Waals surface area contributed by atoms with Crippen LogP contribution in [-0.4, -0.2) is 35.1 Å². The third kappa shape index (κ3) is 3.32. The van der Waals surface area contributed by atoms with E-state index >= 15 is 0 Å². The molecule has 3 rings (SSSR count). The lowest BCUT2D eigenvalue weighted by atomic mass is 10.1. The van der Waals surface area contributed by atoms with Gasteiger partial charge in [0.05, 0.1) is 0 Å². The molecule has 1 aromatic carbocycles. The highest BCUT2D eigenvalue weighted by Gasteiger charge is 2.16. The largest absolute Gasteiger partial charge is 0.357 e. The van der Waals surface area contributed by atoms with Crippen LogP contribution in [-0.2, 0) is 0 Å². The molecule has 1 saturated heterocycles. The number of anilines is 2. The third-order valence-electron chi connectivity index (χ3n) is 3.57. The summed E-state index contributed by atoms with van der Waals surface area (Å²) in [6.07, 6.45) is 3.69. The lowest BCUT2D eigenvalue weighted by molar-refractivity contribution is 0.568. The molecule has 0 spiro atoms. The highest BCUT2D eigenvalue weighted by atomic mass is 79.9. The Morgan fingerprint density at radius 1 is 1.10 bits per heavy atom. The summed E-state index contributed by atoms with van der Waals surface area (Å²) in [6, 6.07) is 8.02. The Balaban J connectivity index is 2.00. The van der Waals surface area contributed by atoms with E-state index in [1.807, 2.05) is 31.3 Å². The van der Waals surface area contributed by atoms with E-state index in [9.17, 15) is 0 Å². The van der Waals surface area contributed by atoms with Crippen LogP contribution >= 0.6 is 15.9 Å². The van der Waals surface area contributed by atoms with Crippen molar-refractivity contribution >= 4 is 27.8 Å². The fraction of sp³-hybridized carbons (Fsp3) is 0.400. The van der Waals surface area contributed by atoms with Crippen molar-refractivity contribution in [3.8, 4) is 11.4 Å². The molecule has 21 heavy (non-hydrogen) atoms. The summed E-state index contributed by atoms with van der Waals surface area (Å²) in [5.41, 5.74) is 0.988. The van der Waals surface area contributed by atoms with Gasteiger partial charge in [0, 0.05) is 30.2 Å². The van der Waals surface area contributed by atoms with Gasteiger partial charge in [-0.25, -0.2) is 0 Å². The van der Waals surface area contributed by atoms with Crippen molar-refractivity contribution in [2.75, 3.05) is 30.4 Å². The summed E-state index contributed by atoms with van der Waals surface area (Å²) in [5, 5.41) is 3.03. The van der Waals surface area contributed by atoms with Crippen LogP contribution < -0.4 is 10.2 Å². The number of hydrogen-bond acceptors (Lipinski definition) is 5. The minimum absolute atomic E-state index is 0.612. The zero-order valence-corrected chi connectivity index (χ0v) is 13.6. The second-order valence-electron chi connectivity index (χ2n) is 5.09. The predicted octanol–water partition coefficient (Wildman–Crippen LogP) is 3.33. The van der Waals surface area contributed by atoms with E-state index in [0.717, 1.165) is 29.1 Å². The van der Waals surface area contributed by atoms with Gasteiger partial charge in [-0.2, -0.15) is 15.0 Å². The van der Waals surface area contributed by atoms with Crippen molar-refractivity contribution in [1.82, 2.24) is 15.0 Å². The summed E-state index contributed by atoms with van der Waals surface area (Å²) in [5.74, 6) is 2.08. The first-order valence-electron chi connectivity index (χ1n) is 7.21. The van der Waals surface area contributed by atoms with Crippen LogP contribution in [0.5, 0.6) is 0 Å². The molecule has 2 aromatic rings. The summed E-state index contributed by atoms with van der Waals surface area (Å²) in [7, 11) is 1.83. The summed E-state index contributed by atoms with van der Waals surface area (Å²) < 4.78 is 1.02. The predicted molar refractivity (Wildman–Crippen MR) is 88.6 cm³/mol. The first kappa shape index (κ1) is 14.3. The zero-order chi connectivity index (χ0) is 14.7. The van der Waals surface area contributed by atoms with E-state index in [1.54, 1.807) is 0 Å². The Kier molecular flexibility index (Phi) is 4.34. The lowest BCUT2D eigenvalue weighted by Gasteiger charge is -2.26. The number of rotatable bonds is 3. The Bertz CT molecular complexity index is 625. The van der Waals surface area contributed by atoms with Crippen LogP contribution in [0.2, 0.25) is 0 Å². The molecule has 6 heteroatoms. The molecular formula is C15H18BrN5. The van der Waals surface area contributed by atoms with E-state index in [4.69, 9.17) is 0 Å². The van der Waals surface area contributed by atoms with E-state index < -0.39 is 0 Å². The molecule has 0 aliphatic carbocycles. The number of halogens is 1. The van der Waals surface area contributed by atoms with Gasteiger partial charge in [-0.3, -0.25) is 0 Å². The number of nitrogens with one attached hydrogen (secondary N) is 1. The van der Waals surface area contributed by atoms with Crippen LogP contribution in [0.3, 0.4) is 0 Å². The topological polar surface area (TPSA) is 53.9 Å². The average Bonchev–Trinajstić information content (AvgIpc) is 2.55. The average molecular weight is 348 g/mol. The second kappa shape index (κ2) is 6.39. The highest BCUT2D eigenvalue weighted by Crippen LogP contribution is 2.24. The molecule has 1 aromatic heterocycles. The fourth-order valence-corrected chi connectivity index (χ4v) is 2.87. The van der Waals surface area contributed by atoms with Crippen LogP contribution in [0.15, 0.2) is 28.7 Å². The van der Waals surface area contributed by atoms with E-state index in [-0.39, 0.29) is 0 Å². The number of piperidine rings is 1. The standard InChI is InChI=1S/C15H18BrN5/c1-17-14-18-13(11-6-5-7-12(16)10-11)19-15(20-14)21-8-3-2-4-9-21/h5-7,10H,2-4,8-9H2,1H3,(H,17,18,19,20). The van der Waals surface area contributed by atoms with Crippen LogP contribution in [0, 0.1) is 0 Å². The monoisotopic (exact) mass is 347 g/mol. The van der Waals surface area contributed by atoms with Gasteiger partial charge in [-0.05, 0) is 31.4 Å². The minimum atomic E-state index is 0.612. The number of aromatic nitrogens is 3. The van der Waals surface area contributed by atoms with Gasteiger partial charge in [-0.15, -0.1) is 0 Å². The zero-order valence-electron chi connectivity index (χ0n) is 12.0. The Labute approximate surface area is 133 Å². The SMILES string of the molecule is CNc1nc(-c2cccc(Br)c2)nc(N2CCCCC2)n1. The van der Waals surface area contributed by atoms with Crippen LogP contribution in [0.1, 0.15) is 19.3 Å². The summed E-state index contributed by atoms with van der Waals surface area (Å²) in [6.45, 7) is 2.04. The molecule has 1 aliphatic rings. The maximum Gasteiger partial charge on any atom is 0.230 e. The lowest BCUT2D eigenvalue weighted by Crippen LogP contribution is -2.31. The van der Waals surface area contributed by atoms with Gasteiger partial charge >= 0.3 is 0 Å². The molecular weight excluding hydrogens is 330 g/mol. The molecule has 110 valence electrons. The van der Waals surface area contributed by atoms with Gasteiger partial charge in [-0.1, -0.05) is 28.1 Å². The van der Waals surface area contributed by atoms with E-state index in [0.29, 0.717) is 11.8 Å². The Morgan fingerprint density at radius 2 is 1.90 bits per heavy atom. The Morgan fingerprint density at radius 3 is 2.62 bits per heavy atom. The molecule has 0 saturated carbocycles. The fourth-order valence-electron chi connectivity index (χ4n) is 2.47. The molecule has 0 radical (unpaired) electrons. The van der Waals surface area contributed by atoms with Gasteiger partial charge in [0.1, 0.15) is 0 Å². The Hall–Kier alpha value is -1.69. The number of hydrogen-bond donors (Lipinski definition) is 1. The number of benzene rings is 1. The smallest absolute Gasteiger partial charge is 0.230 e. The van der Waals surface area contributed by atoms with E-state index in [1.165, 1.54) is 19.3 Å². The van der Waals surface area contributed by atoms with Crippen molar-refractivity contribution in [3.63, 3.8) is 0 Å². The first-order valence-corrected chi connectivity index (χ1v) is 8.00.